The average Bonchev–Trinajstić information content (AvgIpc) is 2.38. The molecule has 3 N–H and O–H groups in total. The Bertz CT molecular complexity index is 202. The number of unbranched alkanes of at least 4 members (excludes halogenated alkanes) is 7. The minimum atomic E-state index is -0.733. The van der Waals surface area contributed by atoms with E-state index in [1.807, 2.05) is 0 Å². The number of hydrogen-bond acceptors (Lipinski definition) is 4. The highest BCUT2D eigenvalue weighted by molar-refractivity contribution is 4.66. The van der Waals surface area contributed by atoms with Crippen LogP contribution in [0.2, 0.25) is 0 Å². The van der Waals surface area contributed by atoms with Gasteiger partial charge in [-0.2, -0.15) is 0 Å². The molecule has 3 unspecified atom stereocenters. The predicted octanol–water partition coefficient (Wildman–Crippen LogP) is 2.86. The minimum absolute atomic E-state index is 0.325. The van der Waals surface area contributed by atoms with Crippen molar-refractivity contribution in [2.24, 2.45) is 0 Å². The van der Waals surface area contributed by atoms with Crippen LogP contribution in [-0.2, 0) is 0 Å². The molecule has 0 aliphatic heterocycles. The zero-order valence-corrected chi connectivity index (χ0v) is 13.6. The van der Waals surface area contributed by atoms with Gasteiger partial charge in [-0.1, -0.05) is 58.3 Å². The second-order valence-electron chi connectivity index (χ2n) is 5.88. The molecule has 0 aliphatic rings. The molecule has 0 saturated carbocycles. The molecule has 0 spiro atoms. The fraction of sp³-hybridized carbons (Fsp3) is 1.00. The Morgan fingerprint density at radius 3 is 1.65 bits per heavy atom. The third-order valence-corrected chi connectivity index (χ3v) is 3.77. The molecule has 122 valence electrons. The lowest BCUT2D eigenvalue weighted by Crippen LogP contribution is -2.44. The van der Waals surface area contributed by atoms with E-state index in [1.54, 1.807) is 13.8 Å². The van der Waals surface area contributed by atoms with Crippen molar-refractivity contribution in [3.05, 3.63) is 0 Å². The maximum atomic E-state index is 9.93. The molecule has 3 atom stereocenters. The Morgan fingerprint density at radius 2 is 1.20 bits per heavy atom. The molecule has 0 fully saturated rings. The molecule has 0 heterocycles. The number of nitrogens with zero attached hydrogens (tertiary/aromatic N) is 1. The van der Waals surface area contributed by atoms with Gasteiger partial charge in [0.2, 0.25) is 0 Å². The summed E-state index contributed by atoms with van der Waals surface area (Å²) in [6, 6.07) is 0. The summed E-state index contributed by atoms with van der Waals surface area (Å²) in [5.74, 6) is 0. The average molecular weight is 289 g/mol. The number of hydrogen-bond donors (Lipinski definition) is 3. The number of aliphatic hydroxyl groups excluding tert-OH is 3. The molecule has 20 heavy (non-hydrogen) atoms. The van der Waals surface area contributed by atoms with Gasteiger partial charge in [-0.15, -0.1) is 0 Å². The Morgan fingerprint density at radius 1 is 0.750 bits per heavy atom. The molecule has 0 aromatic heterocycles. The van der Waals surface area contributed by atoms with Crippen molar-refractivity contribution >= 4 is 0 Å². The van der Waals surface area contributed by atoms with Gasteiger partial charge < -0.3 is 15.3 Å². The zero-order valence-electron chi connectivity index (χ0n) is 13.6. The zero-order chi connectivity index (χ0) is 15.4. The SMILES string of the molecule is CCCCCCCCCCC(O)CN(C(C)O)C(C)O. The molecule has 0 amide bonds. The molecule has 0 aromatic rings. The van der Waals surface area contributed by atoms with Gasteiger partial charge in [-0.05, 0) is 20.3 Å². The molecule has 0 saturated heterocycles. The predicted molar refractivity (Wildman–Crippen MR) is 83.3 cm³/mol. The topological polar surface area (TPSA) is 63.9 Å². The number of aliphatic hydroxyl groups is 3. The first kappa shape index (κ1) is 19.8. The van der Waals surface area contributed by atoms with E-state index in [9.17, 15) is 15.3 Å². The molecular formula is C16H35NO3. The van der Waals surface area contributed by atoms with Crippen LogP contribution in [0.5, 0.6) is 0 Å². The Balaban J connectivity index is 3.55. The van der Waals surface area contributed by atoms with Crippen molar-refractivity contribution < 1.29 is 15.3 Å². The van der Waals surface area contributed by atoms with Crippen molar-refractivity contribution in [2.75, 3.05) is 6.54 Å². The molecule has 0 aliphatic carbocycles. The highest BCUT2D eigenvalue weighted by atomic mass is 16.3. The summed E-state index contributed by atoms with van der Waals surface area (Å²) in [5, 5.41) is 28.9. The summed E-state index contributed by atoms with van der Waals surface area (Å²) < 4.78 is 0. The lowest BCUT2D eigenvalue weighted by molar-refractivity contribution is -0.101. The normalized spacial score (nSPS) is 16.4. The summed E-state index contributed by atoms with van der Waals surface area (Å²) in [6.07, 6.45) is 8.81. The van der Waals surface area contributed by atoms with Crippen LogP contribution in [0.15, 0.2) is 0 Å². The second-order valence-corrected chi connectivity index (χ2v) is 5.88. The smallest absolute Gasteiger partial charge is 0.106 e. The quantitative estimate of drug-likeness (QED) is 0.360. The van der Waals surface area contributed by atoms with Gasteiger partial charge in [-0.3, -0.25) is 4.90 Å². The van der Waals surface area contributed by atoms with Crippen molar-refractivity contribution in [1.29, 1.82) is 0 Å². The van der Waals surface area contributed by atoms with Gasteiger partial charge >= 0.3 is 0 Å². The third-order valence-electron chi connectivity index (χ3n) is 3.77. The lowest BCUT2D eigenvalue weighted by atomic mass is 10.1. The highest BCUT2D eigenvalue weighted by Crippen LogP contribution is 2.12. The monoisotopic (exact) mass is 289 g/mol. The number of rotatable bonds is 13. The molecule has 0 radical (unpaired) electrons. The van der Waals surface area contributed by atoms with Gasteiger partial charge in [0.25, 0.3) is 0 Å². The minimum Gasteiger partial charge on any atom is -0.392 e. The standard InChI is InChI=1S/C16H35NO3/c1-4-5-6-7-8-9-10-11-12-16(20)13-17(14(2)18)15(3)19/h14-16,18-20H,4-13H2,1-3H3. The summed E-state index contributed by atoms with van der Waals surface area (Å²) in [4.78, 5) is 1.50. The van der Waals surface area contributed by atoms with Crippen molar-refractivity contribution in [3.63, 3.8) is 0 Å². The first-order valence-electron chi connectivity index (χ1n) is 8.29. The molecule has 4 heteroatoms. The van der Waals surface area contributed by atoms with E-state index in [2.05, 4.69) is 6.92 Å². The maximum Gasteiger partial charge on any atom is 0.106 e. The second kappa shape index (κ2) is 12.6. The largest absolute Gasteiger partial charge is 0.392 e. The van der Waals surface area contributed by atoms with Gasteiger partial charge in [0, 0.05) is 6.54 Å². The van der Waals surface area contributed by atoms with Crippen LogP contribution in [0.1, 0.15) is 78.6 Å². The van der Waals surface area contributed by atoms with Gasteiger partial charge in [0.05, 0.1) is 6.10 Å². The third kappa shape index (κ3) is 10.6. The summed E-state index contributed by atoms with van der Waals surface area (Å²) in [7, 11) is 0. The first-order valence-corrected chi connectivity index (χ1v) is 8.29. The molecule has 0 aromatic carbocycles. The van der Waals surface area contributed by atoms with Crippen LogP contribution >= 0.6 is 0 Å². The Labute approximate surface area is 124 Å². The summed E-state index contributed by atoms with van der Waals surface area (Å²) >= 11 is 0. The van der Waals surface area contributed by atoms with Crippen LogP contribution < -0.4 is 0 Å². The molecule has 4 nitrogen and oxygen atoms in total. The van der Waals surface area contributed by atoms with Crippen LogP contribution in [0.25, 0.3) is 0 Å². The van der Waals surface area contributed by atoms with Crippen LogP contribution in [0.4, 0.5) is 0 Å². The van der Waals surface area contributed by atoms with Crippen molar-refractivity contribution in [2.45, 2.75) is 97.1 Å². The van der Waals surface area contributed by atoms with E-state index in [-0.39, 0.29) is 0 Å². The van der Waals surface area contributed by atoms with Gasteiger partial charge in [0.15, 0.2) is 0 Å². The first-order chi connectivity index (χ1) is 9.49. The van der Waals surface area contributed by atoms with Crippen LogP contribution in [0.3, 0.4) is 0 Å². The van der Waals surface area contributed by atoms with Gasteiger partial charge in [-0.25, -0.2) is 0 Å². The van der Waals surface area contributed by atoms with Gasteiger partial charge in [0.1, 0.15) is 12.5 Å². The summed E-state index contributed by atoms with van der Waals surface area (Å²) in [6.45, 7) is 5.77. The maximum absolute atomic E-state index is 9.93. The van der Waals surface area contributed by atoms with Crippen LogP contribution in [-0.4, -0.2) is 45.3 Å². The summed E-state index contributed by atoms with van der Waals surface area (Å²) in [5.41, 5.74) is 0. The van der Waals surface area contributed by atoms with E-state index in [0.717, 1.165) is 19.3 Å². The molecule has 0 rings (SSSR count). The molecular weight excluding hydrogens is 254 g/mol. The van der Waals surface area contributed by atoms with E-state index < -0.39 is 18.6 Å². The lowest BCUT2D eigenvalue weighted by Gasteiger charge is -2.30. The molecule has 0 bridgehead atoms. The Hall–Kier alpha value is -0.160. The Kier molecular flexibility index (Phi) is 12.5. The fourth-order valence-electron chi connectivity index (χ4n) is 2.47. The van der Waals surface area contributed by atoms with Crippen LogP contribution in [0, 0.1) is 0 Å². The van der Waals surface area contributed by atoms with Crippen molar-refractivity contribution in [3.8, 4) is 0 Å². The van der Waals surface area contributed by atoms with Crippen molar-refractivity contribution in [1.82, 2.24) is 4.90 Å². The van der Waals surface area contributed by atoms with E-state index >= 15 is 0 Å². The fourth-order valence-corrected chi connectivity index (χ4v) is 2.47. The van der Waals surface area contributed by atoms with E-state index in [4.69, 9.17) is 0 Å². The highest BCUT2D eigenvalue weighted by Gasteiger charge is 2.19. The van der Waals surface area contributed by atoms with E-state index in [0.29, 0.717) is 6.54 Å². The van der Waals surface area contributed by atoms with E-state index in [1.165, 1.54) is 43.4 Å².